The first-order chi connectivity index (χ1) is 9.02. The topological polar surface area (TPSA) is 76.2 Å². The van der Waals surface area contributed by atoms with Crippen molar-refractivity contribution in [3.05, 3.63) is 11.9 Å². The van der Waals surface area contributed by atoms with Gasteiger partial charge in [0.1, 0.15) is 5.69 Å². The Labute approximate surface area is 113 Å². The Morgan fingerprint density at radius 2 is 2.37 bits per heavy atom. The zero-order chi connectivity index (χ0) is 14.0. The first-order valence-corrected chi connectivity index (χ1v) is 6.83. The van der Waals surface area contributed by atoms with Gasteiger partial charge < -0.3 is 16.0 Å². The van der Waals surface area contributed by atoms with Gasteiger partial charge in [-0.15, -0.1) is 0 Å². The molecule has 106 valence electrons. The minimum Gasteiger partial charge on any atom is -0.396 e. The third-order valence-corrected chi connectivity index (χ3v) is 3.81. The molecule has 2 atom stereocenters. The Bertz CT molecular complexity index is 456. The van der Waals surface area contributed by atoms with Crippen molar-refractivity contribution in [3.8, 4) is 0 Å². The maximum absolute atomic E-state index is 12.3. The van der Waals surface area contributed by atoms with Gasteiger partial charge in [-0.05, 0) is 32.9 Å². The molecule has 2 heterocycles. The van der Waals surface area contributed by atoms with E-state index in [-0.39, 0.29) is 11.9 Å². The number of hydrogen-bond acceptors (Lipinski definition) is 4. The average molecular weight is 265 g/mol. The molecule has 0 bridgehead atoms. The summed E-state index contributed by atoms with van der Waals surface area (Å²) in [5.41, 5.74) is 6.75. The molecule has 6 heteroatoms. The highest BCUT2D eigenvalue weighted by atomic mass is 16.2. The third kappa shape index (κ3) is 2.89. The standard InChI is InChI=1S/C13H23N5O/c1-4-18-12(10(14)7-15-18)13(19)16-11-5-6-17(3)8-9(11)2/h7,9,11H,4-6,8,14H2,1-3H3,(H,16,19). The van der Waals surface area contributed by atoms with Crippen LogP contribution in [0.1, 0.15) is 30.8 Å². The van der Waals surface area contributed by atoms with Crippen LogP contribution in [-0.2, 0) is 6.54 Å². The van der Waals surface area contributed by atoms with Crippen LogP contribution in [0.25, 0.3) is 0 Å². The van der Waals surface area contributed by atoms with Crippen molar-refractivity contribution in [2.45, 2.75) is 32.9 Å². The highest BCUT2D eigenvalue weighted by Gasteiger charge is 2.27. The minimum atomic E-state index is -0.113. The molecule has 3 N–H and O–H groups in total. The molecule has 1 aliphatic rings. The molecule has 1 aromatic heterocycles. The minimum absolute atomic E-state index is 0.113. The summed E-state index contributed by atoms with van der Waals surface area (Å²) in [5.74, 6) is 0.333. The lowest BCUT2D eigenvalue weighted by Crippen LogP contribution is -2.49. The van der Waals surface area contributed by atoms with Crippen molar-refractivity contribution >= 4 is 11.6 Å². The third-order valence-electron chi connectivity index (χ3n) is 3.81. The number of aryl methyl sites for hydroxylation is 1. The molecule has 19 heavy (non-hydrogen) atoms. The molecule has 1 amide bonds. The zero-order valence-electron chi connectivity index (χ0n) is 11.9. The number of nitrogen functional groups attached to an aromatic ring is 1. The lowest BCUT2D eigenvalue weighted by atomic mass is 9.94. The van der Waals surface area contributed by atoms with Crippen molar-refractivity contribution < 1.29 is 4.79 Å². The van der Waals surface area contributed by atoms with Crippen LogP contribution >= 0.6 is 0 Å². The molecule has 1 fully saturated rings. The number of anilines is 1. The van der Waals surface area contributed by atoms with E-state index in [2.05, 4.69) is 29.3 Å². The fraction of sp³-hybridized carbons (Fsp3) is 0.692. The van der Waals surface area contributed by atoms with E-state index in [0.29, 0.717) is 23.8 Å². The Morgan fingerprint density at radius 3 is 3.00 bits per heavy atom. The quantitative estimate of drug-likeness (QED) is 0.837. The number of carbonyl (C=O) groups is 1. The van der Waals surface area contributed by atoms with Gasteiger partial charge in [0.2, 0.25) is 0 Å². The normalized spacial score (nSPS) is 24.4. The fourth-order valence-corrected chi connectivity index (χ4v) is 2.69. The van der Waals surface area contributed by atoms with Gasteiger partial charge in [0.05, 0.1) is 11.9 Å². The Kier molecular flexibility index (Phi) is 4.09. The van der Waals surface area contributed by atoms with Crippen LogP contribution in [0.5, 0.6) is 0 Å². The molecule has 6 nitrogen and oxygen atoms in total. The van der Waals surface area contributed by atoms with E-state index in [9.17, 15) is 4.79 Å². The number of amides is 1. The smallest absolute Gasteiger partial charge is 0.271 e. The second-order valence-corrected chi connectivity index (χ2v) is 5.37. The number of carbonyl (C=O) groups excluding carboxylic acids is 1. The maximum Gasteiger partial charge on any atom is 0.271 e. The Morgan fingerprint density at radius 1 is 1.63 bits per heavy atom. The summed E-state index contributed by atoms with van der Waals surface area (Å²) in [5, 5.41) is 7.20. The first-order valence-electron chi connectivity index (χ1n) is 6.83. The highest BCUT2D eigenvalue weighted by Crippen LogP contribution is 2.17. The van der Waals surface area contributed by atoms with Crippen LogP contribution in [0.2, 0.25) is 0 Å². The second-order valence-electron chi connectivity index (χ2n) is 5.37. The molecule has 1 saturated heterocycles. The number of piperidine rings is 1. The van der Waals surface area contributed by atoms with Crippen LogP contribution in [0, 0.1) is 5.92 Å². The van der Waals surface area contributed by atoms with Crippen LogP contribution in [0.15, 0.2) is 6.20 Å². The summed E-state index contributed by atoms with van der Waals surface area (Å²) in [6.07, 6.45) is 2.51. The van der Waals surface area contributed by atoms with Gasteiger partial charge in [0, 0.05) is 19.1 Å². The largest absolute Gasteiger partial charge is 0.396 e. The summed E-state index contributed by atoms with van der Waals surface area (Å²) < 4.78 is 1.64. The number of likely N-dealkylation sites (tertiary alicyclic amines) is 1. The molecule has 1 aromatic rings. The summed E-state index contributed by atoms with van der Waals surface area (Å²) in [6, 6.07) is 0.211. The van der Waals surface area contributed by atoms with Crippen molar-refractivity contribution in [2.24, 2.45) is 5.92 Å². The molecule has 0 aliphatic carbocycles. The van der Waals surface area contributed by atoms with E-state index in [0.717, 1.165) is 19.5 Å². The first kappa shape index (κ1) is 13.9. The second kappa shape index (κ2) is 5.61. The van der Waals surface area contributed by atoms with E-state index in [1.54, 1.807) is 4.68 Å². The lowest BCUT2D eigenvalue weighted by molar-refractivity contribution is 0.0874. The highest BCUT2D eigenvalue weighted by molar-refractivity contribution is 5.97. The van der Waals surface area contributed by atoms with Crippen molar-refractivity contribution in [1.29, 1.82) is 0 Å². The average Bonchev–Trinajstić information content (AvgIpc) is 2.74. The number of nitrogens with zero attached hydrogens (tertiary/aromatic N) is 3. The fourth-order valence-electron chi connectivity index (χ4n) is 2.69. The number of aromatic nitrogens is 2. The van der Waals surface area contributed by atoms with Gasteiger partial charge >= 0.3 is 0 Å². The van der Waals surface area contributed by atoms with Gasteiger partial charge in [-0.2, -0.15) is 5.10 Å². The summed E-state index contributed by atoms with van der Waals surface area (Å²) in [6.45, 7) is 6.77. The van der Waals surface area contributed by atoms with E-state index < -0.39 is 0 Å². The zero-order valence-corrected chi connectivity index (χ0v) is 11.9. The van der Waals surface area contributed by atoms with Gasteiger partial charge in [-0.3, -0.25) is 9.48 Å². The van der Waals surface area contributed by atoms with E-state index >= 15 is 0 Å². The Hall–Kier alpha value is -1.56. The van der Waals surface area contributed by atoms with E-state index in [4.69, 9.17) is 5.73 Å². The van der Waals surface area contributed by atoms with Gasteiger partial charge in [0.25, 0.3) is 5.91 Å². The van der Waals surface area contributed by atoms with E-state index in [1.807, 2.05) is 6.92 Å². The summed E-state index contributed by atoms with van der Waals surface area (Å²) in [4.78, 5) is 14.6. The van der Waals surface area contributed by atoms with Crippen molar-refractivity contribution in [3.63, 3.8) is 0 Å². The number of hydrogen-bond donors (Lipinski definition) is 2. The maximum atomic E-state index is 12.3. The molecule has 0 aromatic carbocycles. The predicted octanol–water partition coefficient (Wildman–Crippen LogP) is 0.555. The van der Waals surface area contributed by atoms with Crippen molar-refractivity contribution in [2.75, 3.05) is 25.9 Å². The molecule has 1 aliphatic heterocycles. The monoisotopic (exact) mass is 265 g/mol. The van der Waals surface area contributed by atoms with Crippen LogP contribution < -0.4 is 11.1 Å². The molecular formula is C13H23N5O. The van der Waals surface area contributed by atoms with Gasteiger partial charge in [-0.25, -0.2) is 0 Å². The SMILES string of the molecule is CCn1ncc(N)c1C(=O)NC1CCN(C)CC1C. The molecule has 0 spiro atoms. The Balaban J connectivity index is 2.06. The van der Waals surface area contributed by atoms with Crippen LogP contribution in [0.3, 0.4) is 0 Å². The molecule has 2 unspecified atom stereocenters. The molecule has 0 saturated carbocycles. The number of rotatable bonds is 3. The van der Waals surface area contributed by atoms with Crippen LogP contribution in [-0.4, -0.2) is 46.8 Å². The predicted molar refractivity (Wildman–Crippen MR) is 74.8 cm³/mol. The van der Waals surface area contributed by atoms with E-state index in [1.165, 1.54) is 6.20 Å². The summed E-state index contributed by atoms with van der Waals surface area (Å²) in [7, 11) is 2.11. The summed E-state index contributed by atoms with van der Waals surface area (Å²) >= 11 is 0. The van der Waals surface area contributed by atoms with Gasteiger partial charge in [-0.1, -0.05) is 6.92 Å². The molecule has 0 radical (unpaired) electrons. The van der Waals surface area contributed by atoms with Crippen LogP contribution in [0.4, 0.5) is 5.69 Å². The lowest BCUT2D eigenvalue weighted by Gasteiger charge is -2.35. The molecule has 2 rings (SSSR count). The molecular weight excluding hydrogens is 242 g/mol. The number of nitrogens with two attached hydrogens (primary N) is 1. The number of nitrogens with one attached hydrogen (secondary N) is 1. The van der Waals surface area contributed by atoms with Crippen molar-refractivity contribution in [1.82, 2.24) is 20.0 Å². The van der Waals surface area contributed by atoms with Gasteiger partial charge in [0.15, 0.2) is 0 Å².